The number of pyridine rings is 1. The minimum atomic E-state index is -0.480. The zero-order chi connectivity index (χ0) is 18.9. The van der Waals surface area contributed by atoms with Crippen LogP contribution in [0.25, 0.3) is 21.1 Å². The van der Waals surface area contributed by atoms with Crippen LogP contribution >= 0.6 is 11.5 Å². The van der Waals surface area contributed by atoms with Crippen molar-refractivity contribution in [2.75, 3.05) is 44.7 Å². The molecule has 9 heteroatoms. The van der Waals surface area contributed by atoms with Gasteiger partial charge < -0.3 is 19.1 Å². The zero-order valence-corrected chi connectivity index (χ0v) is 15.9. The highest BCUT2D eigenvalue weighted by Crippen LogP contribution is 2.43. The fourth-order valence-corrected chi connectivity index (χ4v) is 5.03. The molecule has 3 aromatic rings. The topological polar surface area (TPSA) is 70.6 Å². The predicted octanol–water partition coefficient (Wildman–Crippen LogP) is 1.75. The number of halogens is 1. The van der Waals surface area contributed by atoms with Gasteiger partial charge in [0.1, 0.15) is 22.5 Å². The number of likely N-dealkylation sites (N-methyl/N-ethyl adjacent to an activating group) is 1. The lowest BCUT2D eigenvalue weighted by Gasteiger charge is -2.37. The van der Waals surface area contributed by atoms with Gasteiger partial charge in [0.2, 0.25) is 5.43 Å². The number of piperazine rings is 1. The molecule has 2 aliphatic rings. The fourth-order valence-electron chi connectivity index (χ4n) is 4.08. The number of anilines is 1. The Hall–Kier alpha value is -2.39. The summed E-state index contributed by atoms with van der Waals surface area (Å²) < 4.78 is 25.7. The highest BCUT2D eigenvalue weighted by atomic mass is 32.1. The zero-order valence-electron chi connectivity index (χ0n) is 15.0. The van der Waals surface area contributed by atoms with Crippen LogP contribution < -0.4 is 20.6 Å². The summed E-state index contributed by atoms with van der Waals surface area (Å²) in [6, 6.07) is 1.20. The van der Waals surface area contributed by atoms with Crippen molar-refractivity contribution >= 4 is 38.3 Å². The molecule has 2 aromatic heterocycles. The Balaban J connectivity index is 1.89. The average Bonchev–Trinajstić information content (AvgIpc) is 3.03. The normalized spacial score (nSPS) is 20.4. The van der Waals surface area contributed by atoms with Gasteiger partial charge >= 0.3 is 0 Å². The van der Waals surface area contributed by atoms with E-state index in [2.05, 4.69) is 9.27 Å². The molecule has 27 heavy (non-hydrogen) atoms. The molecular formula is C18H19FN4O3S. The van der Waals surface area contributed by atoms with Crippen molar-refractivity contribution in [1.82, 2.24) is 13.8 Å². The van der Waals surface area contributed by atoms with Gasteiger partial charge in [-0.25, -0.2) is 4.39 Å². The van der Waals surface area contributed by atoms with Crippen LogP contribution in [0.1, 0.15) is 13.0 Å². The molecule has 7 nitrogen and oxygen atoms in total. The van der Waals surface area contributed by atoms with Crippen LogP contribution in [0.3, 0.4) is 0 Å². The molecule has 0 saturated carbocycles. The van der Waals surface area contributed by atoms with Crippen LogP contribution in [-0.4, -0.2) is 53.7 Å². The number of ether oxygens (including phenoxy) is 1. The summed E-state index contributed by atoms with van der Waals surface area (Å²) in [5.41, 5.74) is 0.130. The molecule has 4 heterocycles. The Kier molecular flexibility index (Phi) is 3.60. The first-order chi connectivity index (χ1) is 13.0. The number of H-pyrrole nitrogens is 1. The van der Waals surface area contributed by atoms with Crippen molar-refractivity contribution in [3.63, 3.8) is 0 Å². The van der Waals surface area contributed by atoms with Gasteiger partial charge in [0.15, 0.2) is 11.6 Å². The van der Waals surface area contributed by atoms with Gasteiger partial charge in [-0.3, -0.25) is 14.0 Å². The lowest BCUT2D eigenvalue weighted by Crippen LogP contribution is -2.45. The van der Waals surface area contributed by atoms with Crippen LogP contribution in [0.15, 0.2) is 15.7 Å². The second-order valence-electron chi connectivity index (χ2n) is 7.30. The average molecular weight is 390 g/mol. The van der Waals surface area contributed by atoms with Gasteiger partial charge in [0.05, 0.1) is 16.9 Å². The number of aromatic amines is 1. The minimum Gasteiger partial charge on any atom is -0.487 e. The minimum absolute atomic E-state index is 0.0691. The summed E-state index contributed by atoms with van der Waals surface area (Å²) in [5, 5.41) is 0.294. The second kappa shape index (κ2) is 5.80. The summed E-state index contributed by atoms with van der Waals surface area (Å²) in [7, 11) is 2.04. The molecule has 1 fully saturated rings. The number of rotatable bonds is 1. The van der Waals surface area contributed by atoms with Crippen LogP contribution in [0.4, 0.5) is 10.1 Å². The molecule has 1 saturated heterocycles. The van der Waals surface area contributed by atoms with Gasteiger partial charge in [0, 0.05) is 26.2 Å². The van der Waals surface area contributed by atoms with Gasteiger partial charge in [-0.05, 0) is 31.6 Å². The van der Waals surface area contributed by atoms with Gasteiger partial charge in [0.25, 0.3) is 5.56 Å². The second-order valence-corrected chi connectivity index (χ2v) is 8.09. The summed E-state index contributed by atoms with van der Waals surface area (Å²) >= 11 is 1.14. The summed E-state index contributed by atoms with van der Waals surface area (Å²) in [4.78, 5) is 29.9. The first-order valence-electron chi connectivity index (χ1n) is 8.95. The molecule has 5 rings (SSSR count). The van der Waals surface area contributed by atoms with Crippen LogP contribution in [0.2, 0.25) is 0 Å². The molecule has 1 N–H and O–H groups in total. The van der Waals surface area contributed by atoms with Crippen LogP contribution in [-0.2, 0) is 0 Å². The van der Waals surface area contributed by atoms with E-state index in [-0.39, 0.29) is 16.8 Å². The van der Waals surface area contributed by atoms with Crippen LogP contribution in [0.5, 0.6) is 5.75 Å². The largest absolute Gasteiger partial charge is 0.487 e. The number of aromatic nitrogens is 2. The Morgan fingerprint density at radius 3 is 2.74 bits per heavy atom. The fraction of sp³-hybridized carbons (Fsp3) is 0.444. The highest BCUT2D eigenvalue weighted by molar-refractivity contribution is 7.12. The molecule has 142 valence electrons. The number of benzene rings is 1. The van der Waals surface area contributed by atoms with Crippen molar-refractivity contribution in [2.24, 2.45) is 0 Å². The number of hydrogen-bond donors (Lipinski definition) is 1. The van der Waals surface area contributed by atoms with E-state index >= 15 is 4.39 Å². The van der Waals surface area contributed by atoms with E-state index < -0.39 is 16.8 Å². The Bertz CT molecular complexity index is 1190. The van der Waals surface area contributed by atoms with Crippen LogP contribution in [0, 0.1) is 5.82 Å². The third kappa shape index (κ3) is 2.28. The van der Waals surface area contributed by atoms with Crippen molar-refractivity contribution < 1.29 is 9.13 Å². The number of hydrogen-bond acceptors (Lipinski definition) is 6. The van der Waals surface area contributed by atoms with E-state index in [1.807, 2.05) is 23.4 Å². The lowest BCUT2D eigenvalue weighted by atomic mass is 10.1. The van der Waals surface area contributed by atoms with E-state index in [1.165, 1.54) is 6.07 Å². The maximum absolute atomic E-state index is 15.1. The highest BCUT2D eigenvalue weighted by Gasteiger charge is 2.31. The van der Waals surface area contributed by atoms with E-state index in [0.717, 1.165) is 24.6 Å². The third-order valence-corrected chi connectivity index (χ3v) is 6.41. The van der Waals surface area contributed by atoms with Crippen molar-refractivity contribution in [3.8, 4) is 5.75 Å². The molecule has 0 bridgehead atoms. The number of nitrogens with one attached hydrogen (secondary N) is 1. The first-order valence-corrected chi connectivity index (χ1v) is 9.77. The van der Waals surface area contributed by atoms with Gasteiger partial charge in [-0.15, -0.1) is 0 Å². The molecule has 1 atom stereocenters. The first kappa shape index (κ1) is 16.8. The van der Waals surface area contributed by atoms with Gasteiger partial charge in [-0.1, -0.05) is 0 Å². The van der Waals surface area contributed by atoms with Gasteiger partial charge in [-0.2, -0.15) is 0 Å². The molecule has 0 radical (unpaired) electrons. The smallest absolute Gasteiger partial charge is 0.271 e. The lowest BCUT2D eigenvalue weighted by molar-refractivity contribution is 0.248. The van der Waals surface area contributed by atoms with E-state index in [9.17, 15) is 9.59 Å². The van der Waals surface area contributed by atoms with E-state index in [0.29, 0.717) is 41.5 Å². The van der Waals surface area contributed by atoms with Crippen molar-refractivity contribution in [3.05, 3.63) is 32.5 Å². The van der Waals surface area contributed by atoms with Crippen molar-refractivity contribution in [2.45, 2.75) is 13.0 Å². The van der Waals surface area contributed by atoms with E-state index in [4.69, 9.17) is 4.74 Å². The molecule has 0 amide bonds. The molecule has 2 aliphatic heterocycles. The Morgan fingerprint density at radius 2 is 2.00 bits per heavy atom. The SMILES string of the molecule is CC1COc2c(N3CCN(C)CC3)c(F)cc3c(=O)c4c(=O)[nH]sc4n1c23. The summed E-state index contributed by atoms with van der Waals surface area (Å²) in [6.45, 7) is 5.37. The maximum Gasteiger partial charge on any atom is 0.271 e. The molecule has 0 aliphatic carbocycles. The molecule has 1 aromatic carbocycles. The molecule has 0 spiro atoms. The quantitative estimate of drug-likeness (QED) is 0.686. The predicted molar refractivity (Wildman–Crippen MR) is 104 cm³/mol. The number of nitrogens with zero attached hydrogens (tertiary/aromatic N) is 3. The monoisotopic (exact) mass is 390 g/mol. The number of fused-ring (bicyclic) bond motifs is 2. The molecule has 1 unspecified atom stereocenters. The Morgan fingerprint density at radius 1 is 1.26 bits per heavy atom. The standard InChI is InChI=1S/C18H19FN4O3S/c1-9-8-26-16-13-10(15(24)12-17(25)20-27-18(12)23(9)13)7-11(19)14(16)22-5-3-21(2)4-6-22/h7,9H,3-6,8H2,1-2H3,(H,20,25). The summed E-state index contributed by atoms with van der Waals surface area (Å²) in [5.74, 6) is -0.0706. The third-order valence-electron chi connectivity index (χ3n) is 5.52. The van der Waals surface area contributed by atoms with Crippen molar-refractivity contribution in [1.29, 1.82) is 0 Å². The maximum atomic E-state index is 15.1. The summed E-state index contributed by atoms with van der Waals surface area (Å²) in [6.07, 6.45) is 0. The van der Waals surface area contributed by atoms with E-state index in [1.54, 1.807) is 0 Å². The molecular weight excluding hydrogens is 371 g/mol. The Labute approximate surface area is 157 Å².